The maximum absolute atomic E-state index is 11.0. The highest BCUT2D eigenvalue weighted by Crippen LogP contribution is 2.27. The Kier molecular flexibility index (Phi) is 5.49. The van der Waals surface area contributed by atoms with Crippen molar-refractivity contribution >= 4 is 5.78 Å². The molecule has 0 aliphatic rings. The van der Waals surface area contributed by atoms with Crippen LogP contribution in [-0.2, 0) is 18.4 Å². The molecule has 0 radical (unpaired) electrons. The fraction of sp³-hybridized carbons (Fsp3) is 0.238. The van der Waals surface area contributed by atoms with Crippen LogP contribution in [0.4, 0.5) is 0 Å². The van der Waals surface area contributed by atoms with Gasteiger partial charge in [-0.25, -0.2) is 0 Å². The summed E-state index contributed by atoms with van der Waals surface area (Å²) in [6, 6.07) is 18.3. The molecule has 26 heavy (non-hydrogen) atoms. The highest BCUT2D eigenvalue weighted by atomic mass is 16.5. The van der Waals surface area contributed by atoms with Crippen molar-refractivity contribution in [1.29, 1.82) is 0 Å². The summed E-state index contributed by atoms with van der Waals surface area (Å²) in [5.74, 6) is 0.978. The van der Waals surface area contributed by atoms with Crippen LogP contribution in [0.1, 0.15) is 12.5 Å². The average Bonchev–Trinajstić information content (AvgIpc) is 3.04. The van der Waals surface area contributed by atoms with E-state index in [4.69, 9.17) is 4.74 Å². The number of rotatable bonds is 7. The molecule has 0 amide bonds. The van der Waals surface area contributed by atoms with Crippen molar-refractivity contribution < 1.29 is 9.53 Å². The van der Waals surface area contributed by atoms with Crippen LogP contribution in [0.15, 0.2) is 54.6 Å². The number of hydrogen-bond donors (Lipinski definition) is 1. The topological polar surface area (TPSA) is 56.1 Å². The number of ketones is 1. The molecule has 0 bridgehead atoms. The van der Waals surface area contributed by atoms with Gasteiger partial charge in [-0.3, -0.25) is 9.48 Å². The van der Waals surface area contributed by atoms with Crippen LogP contribution in [0.25, 0.3) is 22.5 Å². The van der Waals surface area contributed by atoms with Gasteiger partial charge in [0.1, 0.15) is 11.5 Å². The van der Waals surface area contributed by atoms with E-state index < -0.39 is 0 Å². The third-order valence-corrected chi connectivity index (χ3v) is 4.22. The lowest BCUT2D eigenvalue weighted by Crippen LogP contribution is -2.20. The lowest BCUT2D eigenvalue weighted by Gasteiger charge is -2.03. The third kappa shape index (κ3) is 4.18. The maximum atomic E-state index is 11.0. The van der Waals surface area contributed by atoms with Gasteiger partial charge in [-0.2, -0.15) is 5.10 Å². The molecule has 0 unspecified atom stereocenters. The Hall–Kier alpha value is -2.92. The molecule has 3 aromatic rings. The SMILES string of the molecule is COc1ccc(-c2cc(-c3ccc(CNCC(C)=O)cc3)nn2C)cc1. The van der Waals surface area contributed by atoms with Gasteiger partial charge < -0.3 is 10.1 Å². The van der Waals surface area contributed by atoms with Crippen LogP contribution in [0.5, 0.6) is 5.75 Å². The van der Waals surface area contributed by atoms with Crippen molar-refractivity contribution in [2.24, 2.45) is 7.05 Å². The number of carbonyl (C=O) groups excluding carboxylic acids is 1. The second-order valence-corrected chi connectivity index (χ2v) is 6.27. The van der Waals surface area contributed by atoms with Crippen LogP contribution in [0.2, 0.25) is 0 Å². The molecule has 2 aromatic carbocycles. The minimum Gasteiger partial charge on any atom is -0.497 e. The van der Waals surface area contributed by atoms with E-state index in [1.807, 2.05) is 36.0 Å². The summed E-state index contributed by atoms with van der Waals surface area (Å²) in [5.41, 5.74) is 5.28. The average molecular weight is 349 g/mol. The van der Waals surface area contributed by atoms with Crippen LogP contribution in [0.3, 0.4) is 0 Å². The van der Waals surface area contributed by atoms with Crippen LogP contribution in [-0.4, -0.2) is 29.2 Å². The first-order valence-electron chi connectivity index (χ1n) is 8.55. The van der Waals surface area contributed by atoms with Gasteiger partial charge in [-0.05, 0) is 42.8 Å². The van der Waals surface area contributed by atoms with Crippen molar-refractivity contribution in [2.45, 2.75) is 13.5 Å². The Bertz CT molecular complexity index is 881. The van der Waals surface area contributed by atoms with Crippen molar-refractivity contribution in [3.63, 3.8) is 0 Å². The zero-order chi connectivity index (χ0) is 18.5. The molecule has 0 atom stereocenters. The lowest BCUT2D eigenvalue weighted by molar-refractivity contribution is -0.116. The predicted molar refractivity (Wildman–Crippen MR) is 103 cm³/mol. The molecule has 0 saturated carbocycles. The Balaban J connectivity index is 1.76. The summed E-state index contributed by atoms with van der Waals surface area (Å²) in [7, 11) is 3.61. The van der Waals surface area contributed by atoms with E-state index in [9.17, 15) is 4.79 Å². The van der Waals surface area contributed by atoms with E-state index in [0.29, 0.717) is 13.1 Å². The summed E-state index contributed by atoms with van der Waals surface area (Å²) in [6.45, 7) is 2.66. The summed E-state index contributed by atoms with van der Waals surface area (Å²) >= 11 is 0. The minimum absolute atomic E-state index is 0.140. The Morgan fingerprint density at radius 3 is 2.35 bits per heavy atom. The number of hydrogen-bond acceptors (Lipinski definition) is 4. The zero-order valence-corrected chi connectivity index (χ0v) is 15.3. The van der Waals surface area contributed by atoms with E-state index in [2.05, 4.69) is 40.7 Å². The number of aromatic nitrogens is 2. The molecular weight excluding hydrogens is 326 g/mol. The molecule has 1 aromatic heterocycles. The molecule has 3 rings (SSSR count). The van der Waals surface area contributed by atoms with Crippen LogP contribution in [0, 0.1) is 0 Å². The highest BCUT2D eigenvalue weighted by Gasteiger charge is 2.09. The number of aryl methyl sites for hydroxylation is 1. The largest absolute Gasteiger partial charge is 0.497 e. The number of benzene rings is 2. The van der Waals surface area contributed by atoms with E-state index in [0.717, 1.165) is 33.8 Å². The smallest absolute Gasteiger partial charge is 0.143 e. The molecule has 5 nitrogen and oxygen atoms in total. The number of carbonyl (C=O) groups is 1. The molecule has 5 heteroatoms. The number of ether oxygens (including phenoxy) is 1. The van der Waals surface area contributed by atoms with Crippen molar-refractivity contribution in [2.75, 3.05) is 13.7 Å². The Morgan fingerprint density at radius 1 is 1.08 bits per heavy atom. The van der Waals surface area contributed by atoms with E-state index in [-0.39, 0.29) is 5.78 Å². The number of nitrogens with zero attached hydrogens (tertiary/aromatic N) is 2. The van der Waals surface area contributed by atoms with Gasteiger partial charge in [0.15, 0.2) is 0 Å². The molecular formula is C21H23N3O2. The molecule has 134 valence electrons. The molecule has 1 heterocycles. The molecule has 0 spiro atoms. The lowest BCUT2D eigenvalue weighted by atomic mass is 10.1. The Labute approximate surface area is 153 Å². The van der Waals surface area contributed by atoms with Gasteiger partial charge in [0, 0.05) is 24.7 Å². The monoisotopic (exact) mass is 349 g/mol. The van der Waals surface area contributed by atoms with Crippen molar-refractivity contribution in [3.05, 3.63) is 60.2 Å². The fourth-order valence-corrected chi connectivity index (χ4v) is 2.82. The van der Waals surface area contributed by atoms with Crippen LogP contribution < -0.4 is 10.1 Å². The van der Waals surface area contributed by atoms with Gasteiger partial charge in [0.25, 0.3) is 0 Å². The highest BCUT2D eigenvalue weighted by molar-refractivity contribution is 5.77. The Morgan fingerprint density at radius 2 is 1.73 bits per heavy atom. The van der Waals surface area contributed by atoms with Gasteiger partial charge in [0.2, 0.25) is 0 Å². The van der Waals surface area contributed by atoms with Gasteiger partial charge >= 0.3 is 0 Å². The number of methoxy groups -OCH3 is 1. The van der Waals surface area contributed by atoms with Crippen molar-refractivity contribution in [3.8, 4) is 28.3 Å². The second kappa shape index (κ2) is 7.97. The van der Waals surface area contributed by atoms with Gasteiger partial charge in [-0.15, -0.1) is 0 Å². The second-order valence-electron chi connectivity index (χ2n) is 6.27. The predicted octanol–water partition coefficient (Wildman–Crippen LogP) is 3.44. The molecule has 0 aliphatic heterocycles. The van der Waals surface area contributed by atoms with E-state index >= 15 is 0 Å². The van der Waals surface area contributed by atoms with E-state index in [1.54, 1.807) is 14.0 Å². The number of nitrogens with one attached hydrogen (secondary N) is 1. The summed E-state index contributed by atoms with van der Waals surface area (Å²) in [5, 5.41) is 7.76. The van der Waals surface area contributed by atoms with Crippen molar-refractivity contribution in [1.82, 2.24) is 15.1 Å². The summed E-state index contributed by atoms with van der Waals surface area (Å²) in [6.07, 6.45) is 0. The zero-order valence-electron chi connectivity index (χ0n) is 15.3. The van der Waals surface area contributed by atoms with Gasteiger partial charge in [-0.1, -0.05) is 24.3 Å². The summed E-state index contributed by atoms with van der Waals surface area (Å²) in [4.78, 5) is 11.0. The number of Topliss-reactive ketones (excluding diaryl/α,β-unsaturated/α-hetero) is 1. The maximum Gasteiger partial charge on any atom is 0.143 e. The molecule has 1 N–H and O–H groups in total. The van der Waals surface area contributed by atoms with E-state index in [1.165, 1.54) is 0 Å². The fourth-order valence-electron chi connectivity index (χ4n) is 2.82. The quantitative estimate of drug-likeness (QED) is 0.710. The normalized spacial score (nSPS) is 10.7. The first kappa shape index (κ1) is 17.9. The molecule has 0 aliphatic carbocycles. The van der Waals surface area contributed by atoms with Crippen LogP contribution >= 0.6 is 0 Å². The van der Waals surface area contributed by atoms with Gasteiger partial charge in [0.05, 0.1) is 25.0 Å². The molecule has 0 saturated heterocycles. The first-order chi connectivity index (χ1) is 12.6. The molecule has 0 fully saturated rings. The third-order valence-electron chi connectivity index (χ3n) is 4.22. The first-order valence-corrected chi connectivity index (χ1v) is 8.55. The standard InChI is InChI=1S/C21H23N3O2/c1-15(25)13-22-14-16-4-6-17(7-5-16)20-12-21(24(2)23-20)18-8-10-19(26-3)11-9-18/h4-12,22H,13-14H2,1-3H3. The summed E-state index contributed by atoms with van der Waals surface area (Å²) < 4.78 is 7.10. The minimum atomic E-state index is 0.140.